The zero-order chi connectivity index (χ0) is 37.8. The van der Waals surface area contributed by atoms with Crippen LogP contribution >= 0.6 is 0 Å². The maximum absolute atomic E-state index is 6.53. The summed E-state index contributed by atoms with van der Waals surface area (Å²) in [5, 5.41) is 8.85. The molecule has 0 amide bonds. The fraction of sp³-hybridized carbons (Fsp3) is 0.565. The van der Waals surface area contributed by atoms with Crippen molar-refractivity contribution in [1.29, 1.82) is 0 Å². The van der Waals surface area contributed by atoms with Crippen molar-refractivity contribution in [1.82, 2.24) is 10.2 Å². The Morgan fingerprint density at radius 1 is 0.698 bits per heavy atom. The number of ether oxygens (including phenoxy) is 4. The molecule has 53 heavy (non-hydrogen) atoms. The van der Waals surface area contributed by atoms with E-state index in [9.17, 15) is 0 Å². The highest BCUT2D eigenvalue weighted by molar-refractivity contribution is 5.64. The van der Waals surface area contributed by atoms with Gasteiger partial charge in [-0.05, 0) is 93.7 Å². The van der Waals surface area contributed by atoms with Gasteiger partial charge in [0.25, 0.3) is 0 Å². The summed E-state index contributed by atoms with van der Waals surface area (Å²) in [4.78, 5) is 0. The van der Waals surface area contributed by atoms with Crippen molar-refractivity contribution in [2.45, 2.75) is 151 Å². The maximum Gasteiger partial charge on any atom is 0.248 e. The van der Waals surface area contributed by atoms with E-state index in [2.05, 4.69) is 116 Å². The lowest BCUT2D eigenvalue weighted by Gasteiger charge is -2.35. The normalized spacial score (nSPS) is 25.9. The molecule has 5 aliphatic rings. The third-order valence-electron chi connectivity index (χ3n) is 11.8. The van der Waals surface area contributed by atoms with Crippen molar-refractivity contribution in [3.05, 3.63) is 94.8 Å². The fourth-order valence-corrected chi connectivity index (χ4v) is 8.17. The quantitative estimate of drug-likeness (QED) is 0.202. The van der Waals surface area contributed by atoms with Crippen LogP contribution in [0.25, 0.3) is 17.0 Å². The van der Waals surface area contributed by atoms with Gasteiger partial charge >= 0.3 is 0 Å². The molecule has 7 rings (SSSR count). The highest BCUT2D eigenvalue weighted by Crippen LogP contribution is 2.46. The molecule has 0 N–H and O–H groups in total. The van der Waals surface area contributed by atoms with Gasteiger partial charge in [0.1, 0.15) is 17.1 Å². The molecule has 0 spiro atoms. The Labute approximate surface area is 317 Å². The van der Waals surface area contributed by atoms with Crippen molar-refractivity contribution in [3.8, 4) is 17.2 Å². The monoisotopic (exact) mass is 720 g/mol. The van der Waals surface area contributed by atoms with Crippen molar-refractivity contribution in [2.24, 2.45) is 16.2 Å². The number of rotatable bonds is 12. The number of hydrogen-bond donors (Lipinski definition) is 0. The van der Waals surface area contributed by atoms with Gasteiger partial charge in [-0.1, -0.05) is 89.5 Å². The first kappa shape index (κ1) is 37.6. The van der Waals surface area contributed by atoms with Crippen LogP contribution in [0.4, 0.5) is 0 Å². The second-order valence-electron chi connectivity index (χ2n) is 18.9. The number of benzene rings is 1. The standard InChI is InChI=1S/C46H60N2O5/c1-29-38(49-29)25-39-40(51-39)28-45(7,8)53-37-23-17-33(18-24-37)46(9,10)32-15-21-36(22-16-32)50-35-19-12-30(13-20-35)41-47-48-42(52-41)31-11-14-34(43(2,3)4)27-44(5,6)26-31/h11-15,17,19-21,23,29,38-40H,16,18,22,24-28H2,1-10H3. The van der Waals surface area contributed by atoms with Crippen LogP contribution in [0.3, 0.4) is 0 Å². The van der Waals surface area contributed by atoms with E-state index in [4.69, 9.17) is 23.4 Å². The average molecular weight is 721 g/mol. The van der Waals surface area contributed by atoms with Gasteiger partial charge in [0.2, 0.25) is 11.8 Å². The highest BCUT2D eigenvalue weighted by atomic mass is 16.6. The molecule has 3 heterocycles. The Balaban J connectivity index is 0.935. The number of allylic oxidation sites excluding steroid dienone is 12. The largest absolute Gasteiger partial charge is 0.492 e. The van der Waals surface area contributed by atoms with E-state index in [1.807, 2.05) is 24.3 Å². The minimum absolute atomic E-state index is 0.0328. The summed E-state index contributed by atoms with van der Waals surface area (Å²) in [6.07, 6.45) is 22.3. The van der Waals surface area contributed by atoms with Gasteiger partial charge in [0.15, 0.2) is 0 Å². The summed E-state index contributed by atoms with van der Waals surface area (Å²) in [6.45, 7) is 22.6. The molecule has 0 radical (unpaired) electrons. The Morgan fingerprint density at radius 2 is 1.32 bits per heavy atom. The van der Waals surface area contributed by atoms with Crippen molar-refractivity contribution in [3.63, 3.8) is 0 Å². The van der Waals surface area contributed by atoms with Crippen molar-refractivity contribution in [2.75, 3.05) is 0 Å². The lowest BCUT2D eigenvalue weighted by atomic mass is 9.71. The van der Waals surface area contributed by atoms with E-state index < -0.39 is 0 Å². The molecule has 2 fully saturated rings. The van der Waals surface area contributed by atoms with Gasteiger partial charge in [0.05, 0.1) is 30.2 Å². The van der Waals surface area contributed by atoms with Gasteiger partial charge in [-0.3, -0.25) is 0 Å². The predicted octanol–water partition coefficient (Wildman–Crippen LogP) is 11.7. The van der Waals surface area contributed by atoms with Gasteiger partial charge in [0, 0.05) is 42.2 Å². The van der Waals surface area contributed by atoms with Crippen LogP contribution in [-0.4, -0.2) is 40.2 Å². The molecular formula is C46H60N2O5. The molecule has 0 bridgehead atoms. The molecule has 284 valence electrons. The van der Waals surface area contributed by atoms with Crippen molar-refractivity contribution < 1.29 is 23.4 Å². The number of aromatic nitrogens is 2. The van der Waals surface area contributed by atoms with E-state index in [0.29, 0.717) is 30.1 Å². The molecule has 2 aliphatic heterocycles. The maximum atomic E-state index is 6.53. The Hall–Kier alpha value is -3.68. The van der Waals surface area contributed by atoms with Crippen LogP contribution in [0.5, 0.6) is 5.75 Å². The molecule has 1 aromatic carbocycles. The second-order valence-corrected chi connectivity index (χ2v) is 18.9. The molecule has 2 aromatic rings. The molecule has 2 saturated heterocycles. The van der Waals surface area contributed by atoms with Gasteiger partial charge in [-0.25, -0.2) is 0 Å². The zero-order valence-corrected chi connectivity index (χ0v) is 33.7. The summed E-state index contributed by atoms with van der Waals surface area (Å²) >= 11 is 0. The van der Waals surface area contributed by atoms with Crippen LogP contribution in [0.15, 0.2) is 93.4 Å². The topological polar surface area (TPSA) is 82.4 Å². The Bertz CT molecular complexity index is 1870. The average Bonchev–Trinajstić information content (AvgIpc) is 3.95. The summed E-state index contributed by atoms with van der Waals surface area (Å²) in [7, 11) is 0. The minimum Gasteiger partial charge on any atom is -0.492 e. The third-order valence-corrected chi connectivity index (χ3v) is 11.8. The van der Waals surface area contributed by atoms with E-state index in [-0.39, 0.29) is 27.9 Å². The van der Waals surface area contributed by atoms with Crippen molar-refractivity contribution >= 4 is 5.57 Å². The SMILES string of the molecule is CC1OC1CC1OC1CC(C)(C)OC1=CC=C(C(C)(C)C2=CC=C(Oc3ccc(-c4nnc(C5=CC=C(C(C)(C)C)CC(C)(C)C5)o4)cc3)CC2)CC1. The minimum atomic E-state index is -0.259. The number of epoxide rings is 2. The summed E-state index contributed by atoms with van der Waals surface area (Å²) in [5.41, 5.74) is 6.23. The molecule has 4 unspecified atom stereocenters. The van der Waals surface area contributed by atoms with E-state index in [1.54, 1.807) is 0 Å². The van der Waals surface area contributed by atoms with Gasteiger partial charge in [-0.2, -0.15) is 0 Å². The van der Waals surface area contributed by atoms with Crippen LogP contribution in [-0.2, 0) is 14.2 Å². The smallest absolute Gasteiger partial charge is 0.248 e. The number of nitrogens with zero attached hydrogens (tertiary/aromatic N) is 2. The molecule has 7 heteroatoms. The lowest BCUT2D eigenvalue weighted by molar-refractivity contribution is 0.0161. The molecule has 0 saturated carbocycles. The van der Waals surface area contributed by atoms with E-state index in [0.717, 1.165) is 79.8 Å². The first-order valence-electron chi connectivity index (χ1n) is 19.8. The van der Waals surface area contributed by atoms with E-state index >= 15 is 0 Å². The lowest BCUT2D eigenvalue weighted by Crippen LogP contribution is -2.28. The first-order valence-corrected chi connectivity index (χ1v) is 19.8. The molecule has 4 atom stereocenters. The third kappa shape index (κ3) is 9.17. The molecular weight excluding hydrogens is 661 g/mol. The second kappa shape index (κ2) is 14.2. The van der Waals surface area contributed by atoms with Crippen LogP contribution in [0.2, 0.25) is 0 Å². The summed E-state index contributed by atoms with van der Waals surface area (Å²) < 4.78 is 30.6. The van der Waals surface area contributed by atoms with Crippen LogP contribution < -0.4 is 4.74 Å². The molecule has 1 aromatic heterocycles. The molecule has 7 nitrogen and oxygen atoms in total. The van der Waals surface area contributed by atoms with Crippen LogP contribution in [0.1, 0.15) is 126 Å². The highest BCUT2D eigenvalue weighted by Gasteiger charge is 2.48. The Morgan fingerprint density at radius 3 is 1.92 bits per heavy atom. The Kier molecular flexibility index (Phi) is 10.1. The predicted molar refractivity (Wildman–Crippen MR) is 211 cm³/mol. The fourth-order valence-electron chi connectivity index (χ4n) is 8.17. The zero-order valence-electron chi connectivity index (χ0n) is 33.7. The van der Waals surface area contributed by atoms with Gasteiger partial charge in [-0.15, -0.1) is 10.2 Å². The van der Waals surface area contributed by atoms with Crippen LogP contribution in [0, 0.1) is 16.2 Å². The van der Waals surface area contributed by atoms with E-state index in [1.165, 1.54) is 16.7 Å². The number of hydrogen-bond acceptors (Lipinski definition) is 7. The first-order chi connectivity index (χ1) is 24.9. The molecule has 3 aliphatic carbocycles. The van der Waals surface area contributed by atoms with Gasteiger partial charge < -0.3 is 23.4 Å². The summed E-state index contributed by atoms with van der Waals surface area (Å²) in [6, 6.07) is 7.95. The summed E-state index contributed by atoms with van der Waals surface area (Å²) in [5.74, 6) is 3.95.